The van der Waals surface area contributed by atoms with Crippen molar-refractivity contribution in [1.82, 2.24) is 15.6 Å². The molecule has 1 fully saturated rings. The lowest BCUT2D eigenvalue weighted by molar-refractivity contribution is 0.774. The van der Waals surface area contributed by atoms with Gasteiger partial charge in [0, 0.05) is 35.8 Å². The number of guanidine groups is 1. The molecule has 2 aromatic rings. The minimum atomic E-state index is 0. The number of hydrogen-bond donors (Lipinski definition) is 2. The zero-order chi connectivity index (χ0) is 15.2. The van der Waals surface area contributed by atoms with E-state index in [0.717, 1.165) is 31.2 Å². The Morgan fingerprint density at radius 2 is 2.22 bits per heavy atom. The van der Waals surface area contributed by atoms with E-state index in [1.165, 1.54) is 23.3 Å². The molecule has 6 heteroatoms. The summed E-state index contributed by atoms with van der Waals surface area (Å²) < 4.78 is 0. The van der Waals surface area contributed by atoms with Gasteiger partial charge in [0.25, 0.3) is 0 Å². The SMILES string of the molecule is Cc1ccsc1CN=C(NCCc1ccccn1)NC1CC1.I. The number of thiophene rings is 1. The van der Waals surface area contributed by atoms with E-state index < -0.39 is 0 Å². The van der Waals surface area contributed by atoms with Crippen LogP contribution in [0.25, 0.3) is 0 Å². The summed E-state index contributed by atoms with van der Waals surface area (Å²) in [5, 5.41) is 9.03. The van der Waals surface area contributed by atoms with Crippen molar-refractivity contribution in [2.45, 2.75) is 38.8 Å². The quantitative estimate of drug-likeness (QED) is 0.409. The molecule has 0 aromatic carbocycles. The molecule has 1 aliphatic carbocycles. The fourth-order valence-electron chi connectivity index (χ4n) is 2.15. The van der Waals surface area contributed by atoms with Crippen molar-refractivity contribution >= 4 is 41.3 Å². The second-order valence-corrected chi connectivity index (χ2v) is 6.61. The predicted octanol–water partition coefficient (Wildman–Crippen LogP) is 3.51. The smallest absolute Gasteiger partial charge is 0.191 e. The number of nitrogens with one attached hydrogen (secondary N) is 2. The normalized spacial score (nSPS) is 14.2. The van der Waals surface area contributed by atoms with Crippen LogP contribution in [0, 0.1) is 6.92 Å². The molecule has 4 nitrogen and oxygen atoms in total. The molecule has 0 bridgehead atoms. The van der Waals surface area contributed by atoms with Crippen LogP contribution in [0.4, 0.5) is 0 Å². The van der Waals surface area contributed by atoms with E-state index >= 15 is 0 Å². The number of halogens is 1. The number of nitrogens with zero attached hydrogens (tertiary/aromatic N) is 2. The van der Waals surface area contributed by atoms with Crippen LogP contribution in [0.1, 0.15) is 29.0 Å². The van der Waals surface area contributed by atoms with Crippen LogP contribution in [0.2, 0.25) is 0 Å². The van der Waals surface area contributed by atoms with Crippen molar-refractivity contribution < 1.29 is 0 Å². The average molecular weight is 442 g/mol. The first-order valence-electron chi connectivity index (χ1n) is 7.79. The van der Waals surface area contributed by atoms with Crippen molar-refractivity contribution in [3.05, 3.63) is 52.0 Å². The van der Waals surface area contributed by atoms with Crippen molar-refractivity contribution in [2.75, 3.05) is 6.54 Å². The predicted molar refractivity (Wildman–Crippen MR) is 108 cm³/mol. The van der Waals surface area contributed by atoms with Crippen molar-refractivity contribution in [2.24, 2.45) is 4.99 Å². The molecule has 1 aliphatic rings. The standard InChI is InChI=1S/C17H22N4S.HI/c1-13-8-11-22-16(13)12-20-17(21-15-5-6-15)19-10-7-14-4-2-3-9-18-14;/h2-4,8-9,11,15H,5-7,10,12H2,1H3,(H2,19,20,21);1H. The molecule has 0 unspecified atom stereocenters. The van der Waals surface area contributed by atoms with E-state index in [0.29, 0.717) is 6.04 Å². The van der Waals surface area contributed by atoms with Crippen LogP contribution in [-0.4, -0.2) is 23.5 Å². The van der Waals surface area contributed by atoms with Gasteiger partial charge in [-0.3, -0.25) is 4.98 Å². The number of aromatic nitrogens is 1. The molecule has 124 valence electrons. The van der Waals surface area contributed by atoms with E-state index in [1.54, 1.807) is 11.3 Å². The van der Waals surface area contributed by atoms with Gasteiger partial charge in [0.1, 0.15) is 0 Å². The fraction of sp³-hybridized carbons (Fsp3) is 0.412. The van der Waals surface area contributed by atoms with Gasteiger partial charge in [0.15, 0.2) is 5.96 Å². The number of aryl methyl sites for hydroxylation is 1. The Bertz CT molecular complexity index is 623. The third kappa shape index (κ3) is 6.10. The molecular weight excluding hydrogens is 419 g/mol. The summed E-state index contributed by atoms with van der Waals surface area (Å²) in [6.07, 6.45) is 5.24. The van der Waals surface area contributed by atoms with E-state index in [4.69, 9.17) is 4.99 Å². The summed E-state index contributed by atoms with van der Waals surface area (Å²) in [6, 6.07) is 8.78. The van der Waals surface area contributed by atoms with Gasteiger partial charge in [0.2, 0.25) is 0 Å². The molecular formula is C17H23IN4S. The molecule has 0 saturated heterocycles. The van der Waals surface area contributed by atoms with Gasteiger partial charge in [-0.1, -0.05) is 6.07 Å². The Morgan fingerprint density at radius 1 is 1.35 bits per heavy atom. The van der Waals surface area contributed by atoms with E-state index in [2.05, 4.69) is 40.1 Å². The van der Waals surface area contributed by atoms with Crippen LogP contribution < -0.4 is 10.6 Å². The molecule has 0 amide bonds. The van der Waals surface area contributed by atoms with Crippen molar-refractivity contribution in [3.8, 4) is 0 Å². The first kappa shape index (κ1) is 18.2. The molecule has 3 rings (SSSR count). The minimum absolute atomic E-state index is 0. The average Bonchev–Trinajstić information content (AvgIpc) is 3.26. The second kappa shape index (κ2) is 9.22. The van der Waals surface area contributed by atoms with Gasteiger partial charge in [0.05, 0.1) is 6.54 Å². The molecule has 0 spiro atoms. The maximum atomic E-state index is 4.72. The highest BCUT2D eigenvalue weighted by atomic mass is 127. The molecule has 0 atom stereocenters. The summed E-state index contributed by atoms with van der Waals surface area (Å²) in [5.41, 5.74) is 2.43. The topological polar surface area (TPSA) is 49.3 Å². The van der Waals surface area contributed by atoms with Gasteiger partial charge in [-0.15, -0.1) is 35.3 Å². The van der Waals surface area contributed by atoms with Gasteiger partial charge in [-0.05, 0) is 48.9 Å². The van der Waals surface area contributed by atoms with Crippen LogP contribution in [0.3, 0.4) is 0 Å². The summed E-state index contributed by atoms with van der Waals surface area (Å²) in [6.45, 7) is 3.73. The minimum Gasteiger partial charge on any atom is -0.356 e. The number of pyridine rings is 1. The third-order valence-electron chi connectivity index (χ3n) is 3.67. The zero-order valence-corrected chi connectivity index (χ0v) is 16.4. The van der Waals surface area contributed by atoms with Crippen LogP contribution in [-0.2, 0) is 13.0 Å². The lowest BCUT2D eigenvalue weighted by Gasteiger charge is -2.11. The lowest BCUT2D eigenvalue weighted by Crippen LogP contribution is -2.39. The van der Waals surface area contributed by atoms with E-state index in [-0.39, 0.29) is 24.0 Å². The van der Waals surface area contributed by atoms with Gasteiger partial charge >= 0.3 is 0 Å². The summed E-state index contributed by atoms with van der Waals surface area (Å²) in [4.78, 5) is 10.4. The summed E-state index contributed by atoms with van der Waals surface area (Å²) in [7, 11) is 0. The van der Waals surface area contributed by atoms with Crippen LogP contribution in [0.5, 0.6) is 0 Å². The number of aliphatic imine (C=N–C) groups is 1. The number of hydrogen-bond acceptors (Lipinski definition) is 3. The van der Waals surface area contributed by atoms with Crippen LogP contribution in [0.15, 0.2) is 40.8 Å². The third-order valence-corrected chi connectivity index (χ3v) is 4.67. The van der Waals surface area contributed by atoms with Crippen LogP contribution >= 0.6 is 35.3 Å². The molecule has 1 saturated carbocycles. The Kier molecular flexibility index (Phi) is 7.29. The Labute approximate surface area is 158 Å². The highest BCUT2D eigenvalue weighted by Crippen LogP contribution is 2.19. The zero-order valence-electron chi connectivity index (χ0n) is 13.3. The highest BCUT2D eigenvalue weighted by molar-refractivity contribution is 14.0. The Hall–Kier alpha value is -1.15. The lowest BCUT2D eigenvalue weighted by atomic mass is 10.3. The molecule has 2 N–H and O–H groups in total. The maximum Gasteiger partial charge on any atom is 0.191 e. The molecule has 0 aliphatic heterocycles. The van der Waals surface area contributed by atoms with Gasteiger partial charge in [-0.25, -0.2) is 4.99 Å². The largest absolute Gasteiger partial charge is 0.356 e. The maximum absolute atomic E-state index is 4.72. The molecule has 23 heavy (non-hydrogen) atoms. The Balaban J connectivity index is 0.00000192. The van der Waals surface area contributed by atoms with Crippen molar-refractivity contribution in [3.63, 3.8) is 0 Å². The first-order valence-corrected chi connectivity index (χ1v) is 8.67. The first-order chi connectivity index (χ1) is 10.8. The second-order valence-electron chi connectivity index (χ2n) is 5.61. The Morgan fingerprint density at radius 3 is 2.87 bits per heavy atom. The van der Waals surface area contributed by atoms with Gasteiger partial charge < -0.3 is 10.6 Å². The van der Waals surface area contributed by atoms with E-state index in [1.807, 2.05) is 18.3 Å². The summed E-state index contributed by atoms with van der Waals surface area (Å²) in [5.74, 6) is 0.922. The van der Waals surface area contributed by atoms with Crippen molar-refractivity contribution in [1.29, 1.82) is 0 Å². The molecule has 2 aromatic heterocycles. The summed E-state index contributed by atoms with van der Waals surface area (Å²) >= 11 is 1.77. The highest BCUT2D eigenvalue weighted by Gasteiger charge is 2.22. The molecule has 0 radical (unpaired) electrons. The van der Waals surface area contributed by atoms with Gasteiger partial charge in [-0.2, -0.15) is 0 Å². The monoisotopic (exact) mass is 442 g/mol. The fourth-order valence-corrected chi connectivity index (χ4v) is 2.97. The molecule has 2 heterocycles. The van der Waals surface area contributed by atoms with E-state index in [9.17, 15) is 0 Å². The number of rotatable bonds is 6.